The van der Waals surface area contributed by atoms with Crippen molar-refractivity contribution in [3.8, 4) is 0 Å². The maximum absolute atomic E-state index is 2.44. The summed E-state index contributed by atoms with van der Waals surface area (Å²) in [6, 6.07) is 0. The molecule has 0 amide bonds. The van der Waals surface area contributed by atoms with E-state index in [0.29, 0.717) is 0 Å². The summed E-state index contributed by atoms with van der Waals surface area (Å²) in [5.41, 5.74) is 1.66. The first-order chi connectivity index (χ1) is 4.72. The average Bonchev–Trinajstić information content (AvgIpc) is 2.36. The summed E-state index contributed by atoms with van der Waals surface area (Å²) in [6.07, 6.45) is 7.95. The van der Waals surface area contributed by atoms with Crippen molar-refractivity contribution in [3.05, 3.63) is 23.8 Å². The summed E-state index contributed by atoms with van der Waals surface area (Å²) in [6.45, 7) is 2.38. The van der Waals surface area contributed by atoms with Crippen LogP contribution >= 0.6 is 0 Å². The van der Waals surface area contributed by atoms with Gasteiger partial charge < -0.3 is 0 Å². The van der Waals surface area contributed by atoms with Crippen molar-refractivity contribution in [1.29, 1.82) is 0 Å². The molecule has 0 aromatic rings. The van der Waals surface area contributed by atoms with Gasteiger partial charge in [-0.25, -0.2) is 0 Å². The molecule has 0 spiro atoms. The van der Waals surface area contributed by atoms with Crippen molar-refractivity contribution in [3.63, 3.8) is 0 Å². The molecule has 10 heavy (non-hydrogen) atoms. The third-order valence-electron chi connectivity index (χ3n) is 1.84. The van der Waals surface area contributed by atoms with E-state index in [2.05, 4.69) is 35.8 Å². The molecule has 61 valence electrons. The zero-order valence-electron chi connectivity index (χ0n) is 6.83. The molecule has 1 rings (SSSR count). The standard InChI is InChI=1S/C7H9.2CH3.Pt/c1-2-7-5-3-4-6-7;;;/h2-5H,6H2,1H3;2*1H3;. The van der Waals surface area contributed by atoms with Gasteiger partial charge >= 0.3 is 69.4 Å². The van der Waals surface area contributed by atoms with Crippen LogP contribution in [0.3, 0.4) is 0 Å². The van der Waals surface area contributed by atoms with Crippen molar-refractivity contribution in [1.82, 2.24) is 0 Å². The van der Waals surface area contributed by atoms with Gasteiger partial charge in [0.05, 0.1) is 0 Å². The Morgan fingerprint density at radius 2 is 2.20 bits per heavy atom. The third kappa shape index (κ3) is 1.82. The summed E-state index contributed by atoms with van der Waals surface area (Å²) >= 11 is -0.587. The van der Waals surface area contributed by atoms with Crippen LogP contribution in [0.4, 0.5) is 0 Å². The Labute approximate surface area is 69.6 Å². The van der Waals surface area contributed by atoms with Gasteiger partial charge in [0.15, 0.2) is 0 Å². The van der Waals surface area contributed by atoms with E-state index >= 15 is 0 Å². The van der Waals surface area contributed by atoms with Crippen LogP contribution in [0.2, 0.25) is 14.9 Å². The summed E-state index contributed by atoms with van der Waals surface area (Å²) < 4.78 is 0.917. The predicted octanol–water partition coefficient (Wildman–Crippen LogP) is 3.40. The minimum absolute atomic E-state index is 0.587. The average molecular weight is 318 g/mol. The molecule has 1 aliphatic rings. The number of hydrogen-bond donors (Lipinski definition) is 0. The van der Waals surface area contributed by atoms with Gasteiger partial charge in [0.1, 0.15) is 0 Å². The third-order valence-corrected chi connectivity index (χ3v) is 6.61. The number of hydrogen-bond acceptors (Lipinski definition) is 0. The first-order valence-electron chi connectivity index (χ1n) is 3.40. The van der Waals surface area contributed by atoms with Gasteiger partial charge in [0.2, 0.25) is 0 Å². The van der Waals surface area contributed by atoms with Crippen LogP contribution < -0.4 is 0 Å². The van der Waals surface area contributed by atoms with E-state index < -0.39 is 17.3 Å². The van der Waals surface area contributed by atoms with Crippen LogP contribution in [0.1, 0.15) is 13.3 Å². The molecule has 0 N–H and O–H groups in total. The summed E-state index contributed by atoms with van der Waals surface area (Å²) in [5, 5.41) is 4.88. The van der Waals surface area contributed by atoms with Crippen LogP contribution in [0.5, 0.6) is 0 Å². The van der Waals surface area contributed by atoms with Crippen LogP contribution in [-0.2, 0) is 17.3 Å². The van der Waals surface area contributed by atoms with Crippen molar-refractivity contribution < 1.29 is 17.3 Å². The second-order valence-electron chi connectivity index (χ2n) is 2.62. The molecule has 0 bridgehead atoms. The van der Waals surface area contributed by atoms with Crippen molar-refractivity contribution in [2.24, 2.45) is 0 Å². The van der Waals surface area contributed by atoms with Gasteiger partial charge in [-0.05, 0) is 0 Å². The van der Waals surface area contributed by atoms with Gasteiger partial charge in [-0.3, -0.25) is 0 Å². The topological polar surface area (TPSA) is 0 Å². The fourth-order valence-corrected chi connectivity index (χ4v) is 3.15. The first-order valence-corrected chi connectivity index (χ1v) is 9.25. The van der Waals surface area contributed by atoms with Gasteiger partial charge in [-0.2, -0.15) is 0 Å². The molecule has 0 radical (unpaired) electrons. The quantitative estimate of drug-likeness (QED) is 0.732. The molecule has 0 saturated heterocycles. The normalized spacial score (nSPS) is 20.7. The second kappa shape index (κ2) is 3.53. The minimum atomic E-state index is -0.587. The zero-order valence-corrected chi connectivity index (χ0v) is 9.10. The Bertz CT molecular complexity index is 166. The Kier molecular flexibility index (Phi) is 2.92. The van der Waals surface area contributed by atoms with E-state index in [1.165, 1.54) is 6.42 Å². The number of allylic oxidation sites excluding steroid dienone is 4. The van der Waals surface area contributed by atoms with E-state index in [1.54, 1.807) is 5.57 Å². The van der Waals surface area contributed by atoms with Gasteiger partial charge in [0, 0.05) is 0 Å². The second-order valence-corrected chi connectivity index (χ2v) is 9.48. The van der Waals surface area contributed by atoms with E-state index in [9.17, 15) is 0 Å². The Balaban J connectivity index is 2.50. The molecule has 0 aromatic carbocycles. The molecular weight excluding hydrogens is 303 g/mol. The van der Waals surface area contributed by atoms with Gasteiger partial charge in [0.25, 0.3) is 0 Å². The molecule has 1 atom stereocenters. The molecule has 1 heteroatoms. The Hall–Kier alpha value is 0.168. The molecule has 0 fully saturated rings. The van der Waals surface area contributed by atoms with Crippen molar-refractivity contribution in [2.45, 2.75) is 28.3 Å². The summed E-state index contributed by atoms with van der Waals surface area (Å²) in [7, 11) is 0. The molecule has 1 unspecified atom stereocenters. The van der Waals surface area contributed by atoms with E-state index in [0.717, 1.165) is 4.31 Å². The van der Waals surface area contributed by atoms with E-state index in [4.69, 9.17) is 0 Å². The van der Waals surface area contributed by atoms with Gasteiger partial charge in [-0.15, -0.1) is 0 Å². The fourth-order valence-electron chi connectivity index (χ4n) is 0.980. The van der Waals surface area contributed by atoms with Crippen LogP contribution in [0.15, 0.2) is 23.8 Å². The van der Waals surface area contributed by atoms with Crippen molar-refractivity contribution >= 4 is 0 Å². The van der Waals surface area contributed by atoms with Gasteiger partial charge in [-0.1, -0.05) is 0 Å². The monoisotopic (exact) mass is 318 g/mol. The van der Waals surface area contributed by atoms with Crippen LogP contribution in [0, 0.1) is 0 Å². The summed E-state index contributed by atoms with van der Waals surface area (Å²) in [4.78, 5) is 0. The number of rotatable bonds is 2. The Morgan fingerprint density at radius 3 is 2.60 bits per heavy atom. The SMILES string of the molecule is C[CH](C1=CC=CC1)[Pt]([CH3])[CH3]. The van der Waals surface area contributed by atoms with Crippen molar-refractivity contribution in [2.75, 3.05) is 0 Å². The predicted molar refractivity (Wildman–Crippen MR) is 43.0 cm³/mol. The van der Waals surface area contributed by atoms with Crippen LogP contribution in [0.25, 0.3) is 0 Å². The van der Waals surface area contributed by atoms with Crippen LogP contribution in [-0.4, -0.2) is 0 Å². The van der Waals surface area contributed by atoms with E-state index in [-0.39, 0.29) is 0 Å². The zero-order chi connectivity index (χ0) is 7.56. The maximum atomic E-state index is 2.44. The molecule has 0 heterocycles. The summed E-state index contributed by atoms with van der Waals surface area (Å²) in [5.74, 6) is 0. The van der Waals surface area contributed by atoms with E-state index in [1.807, 2.05) is 0 Å². The molecule has 0 aromatic heterocycles. The fraction of sp³-hybridized carbons (Fsp3) is 0.556. The molecule has 0 aliphatic heterocycles. The molecule has 0 nitrogen and oxygen atoms in total. The molecular formula is C9H15Pt. The Morgan fingerprint density at radius 1 is 1.50 bits per heavy atom. The first kappa shape index (κ1) is 8.27. The molecule has 1 aliphatic carbocycles. The molecule has 0 saturated carbocycles.